The van der Waals surface area contributed by atoms with Crippen molar-refractivity contribution in [2.75, 3.05) is 68.2 Å². The molecular formula is C25H32Cl2N4O4. The van der Waals surface area contributed by atoms with E-state index in [1.165, 1.54) is 0 Å². The van der Waals surface area contributed by atoms with Crippen molar-refractivity contribution in [2.24, 2.45) is 0 Å². The lowest BCUT2D eigenvalue weighted by Gasteiger charge is -2.38. The molecule has 0 radical (unpaired) electrons. The number of carbonyl (C=O) groups is 2. The van der Waals surface area contributed by atoms with Crippen LogP contribution in [0.25, 0.3) is 0 Å². The summed E-state index contributed by atoms with van der Waals surface area (Å²) < 4.78 is 10.9. The number of ether oxygens (including phenoxy) is 2. The molecule has 0 saturated carbocycles. The van der Waals surface area contributed by atoms with Crippen molar-refractivity contribution in [2.45, 2.75) is 18.2 Å². The molecule has 1 fully saturated rings. The number of piperazine rings is 1. The number of anilines is 3. The van der Waals surface area contributed by atoms with E-state index in [0.717, 1.165) is 43.3 Å². The number of hydrogen-bond donors (Lipinski definition) is 2. The van der Waals surface area contributed by atoms with E-state index in [1.54, 1.807) is 19.2 Å². The van der Waals surface area contributed by atoms with Crippen LogP contribution < -0.4 is 25.2 Å². The summed E-state index contributed by atoms with van der Waals surface area (Å²) >= 11 is 11.3. The molecule has 0 aliphatic carbocycles. The van der Waals surface area contributed by atoms with Crippen LogP contribution in [0.2, 0.25) is 0 Å². The zero-order chi connectivity index (χ0) is 25.2. The molecular weight excluding hydrogens is 491 g/mol. The maximum Gasteiger partial charge on any atom is 0.257 e. The van der Waals surface area contributed by atoms with Crippen LogP contribution in [0, 0.1) is 0 Å². The topological polar surface area (TPSA) is 83.1 Å². The maximum atomic E-state index is 13.1. The Morgan fingerprint density at radius 2 is 1.71 bits per heavy atom. The number of carbonyl (C=O) groups excluding carboxylic acids is 2. The zero-order valence-electron chi connectivity index (χ0n) is 20.1. The fourth-order valence-corrected chi connectivity index (χ4v) is 4.07. The minimum Gasteiger partial charge on any atom is -0.495 e. The van der Waals surface area contributed by atoms with Crippen molar-refractivity contribution >= 4 is 52.1 Å². The summed E-state index contributed by atoms with van der Waals surface area (Å²) in [6.45, 7) is 6.63. The molecule has 35 heavy (non-hydrogen) atoms. The van der Waals surface area contributed by atoms with E-state index < -0.39 is 10.7 Å². The van der Waals surface area contributed by atoms with Gasteiger partial charge in [-0.15, -0.1) is 0 Å². The SMILES string of the molecule is CCOCCCNC(=O)c1cc(NC(=O)C(Cl)Cl)ccc1N1CCN(c2ccccc2OC)CC1. The Bertz CT molecular complexity index is 997. The lowest BCUT2D eigenvalue weighted by molar-refractivity contribution is -0.114. The number of halogens is 2. The molecule has 1 aliphatic heterocycles. The molecule has 1 aliphatic rings. The number of para-hydroxylation sites is 2. The summed E-state index contributed by atoms with van der Waals surface area (Å²) in [5.41, 5.74) is 2.79. The molecule has 2 aromatic carbocycles. The number of nitrogens with one attached hydrogen (secondary N) is 2. The van der Waals surface area contributed by atoms with Crippen LogP contribution in [0.1, 0.15) is 23.7 Å². The molecule has 0 atom stereocenters. The van der Waals surface area contributed by atoms with Crippen LogP contribution in [-0.2, 0) is 9.53 Å². The highest BCUT2D eigenvalue weighted by molar-refractivity contribution is 6.54. The predicted molar refractivity (Wildman–Crippen MR) is 141 cm³/mol. The first-order valence-electron chi connectivity index (χ1n) is 11.7. The van der Waals surface area contributed by atoms with Crippen LogP contribution in [0.4, 0.5) is 17.1 Å². The molecule has 0 aromatic heterocycles. The summed E-state index contributed by atoms with van der Waals surface area (Å²) in [6.07, 6.45) is 0.711. The van der Waals surface area contributed by atoms with E-state index in [0.29, 0.717) is 37.4 Å². The largest absolute Gasteiger partial charge is 0.495 e. The third-order valence-corrected chi connectivity index (χ3v) is 6.10. The van der Waals surface area contributed by atoms with Crippen molar-refractivity contribution in [1.29, 1.82) is 0 Å². The Balaban J connectivity index is 1.75. The van der Waals surface area contributed by atoms with Gasteiger partial charge < -0.3 is 29.9 Å². The minimum absolute atomic E-state index is 0.215. The van der Waals surface area contributed by atoms with Crippen LogP contribution in [0.3, 0.4) is 0 Å². The summed E-state index contributed by atoms with van der Waals surface area (Å²) in [5.74, 6) is 0.0766. The molecule has 2 aromatic rings. The van der Waals surface area contributed by atoms with Crippen molar-refractivity contribution in [1.82, 2.24) is 5.32 Å². The summed E-state index contributed by atoms with van der Waals surface area (Å²) in [4.78, 5) is 28.3. The second-order valence-electron chi connectivity index (χ2n) is 7.97. The Labute approximate surface area is 216 Å². The first-order chi connectivity index (χ1) is 16.9. The zero-order valence-corrected chi connectivity index (χ0v) is 21.6. The van der Waals surface area contributed by atoms with Gasteiger partial charge in [0.1, 0.15) is 5.75 Å². The van der Waals surface area contributed by atoms with Gasteiger partial charge in [-0.25, -0.2) is 0 Å². The molecule has 1 saturated heterocycles. The second-order valence-corrected chi connectivity index (χ2v) is 9.07. The molecule has 8 nitrogen and oxygen atoms in total. The summed E-state index contributed by atoms with van der Waals surface area (Å²) in [6, 6.07) is 13.2. The molecule has 0 bridgehead atoms. The highest BCUT2D eigenvalue weighted by atomic mass is 35.5. The molecule has 190 valence electrons. The van der Waals surface area contributed by atoms with E-state index in [4.69, 9.17) is 32.7 Å². The number of rotatable bonds is 11. The number of amides is 2. The van der Waals surface area contributed by atoms with E-state index in [2.05, 4.69) is 20.4 Å². The highest BCUT2D eigenvalue weighted by Crippen LogP contribution is 2.31. The molecule has 2 amide bonds. The van der Waals surface area contributed by atoms with Crippen LogP contribution in [0.15, 0.2) is 42.5 Å². The number of hydrogen-bond acceptors (Lipinski definition) is 6. The van der Waals surface area contributed by atoms with Crippen molar-refractivity contribution < 1.29 is 19.1 Å². The number of alkyl halides is 2. The average molecular weight is 523 g/mol. The fraction of sp³-hybridized carbons (Fsp3) is 0.440. The number of methoxy groups -OCH3 is 1. The van der Waals surface area contributed by atoms with Crippen LogP contribution >= 0.6 is 23.2 Å². The van der Waals surface area contributed by atoms with Gasteiger partial charge in [-0.3, -0.25) is 9.59 Å². The van der Waals surface area contributed by atoms with E-state index in [1.807, 2.05) is 37.3 Å². The first kappa shape index (κ1) is 26.9. The van der Waals surface area contributed by atoms with Gasteiger partial charge in [0.25, 0.3) is 11.8 Å². The van der Waals surface area contributed by atoms with Crippen molar-refractivity contribution in [3.05, 3.63) is 48.0 Å². The van der Waals surface area contributed by atoms with Gasteiger partial charge in [0.05, 0.1) is 18.4 Å². The van der Waals surface area contributed by atoms with Gasteiger partial charge in [-0.1, -0.05) is 35.3 Å². The van der Waals surface area contributed by atoms with E-state index >= 15 is 0 Å². The standard InChI is InChI=1S/C25H32Cl2N4O4/c1-3-35-16-6-11-28-24(32)19-17-18(29-25(33)23(26)27)9-10-20(19)30-12-14-31(15-13-30)21-7-4-5-8-22(21)34-2/h4-5,7-10,17,23H,3,6,11-16H2,1-2H3,(H,28,32)(H,29,33). The number of benzene rings is 2. The Kier molecular flexibility index (Phi) is 10.3. The molecule has 2 N–H and O–H groups in total. The fourth-order valence-electron chi connectivity index (χ4n) is 3.96. The minimum atomic E-state index is -1.20. The highest BCUT2D eigenvalue weighted by Gasteiger charge is 2.24. The monoisotopic (exact) mass is 522 g/mol. The quantitative estimate of drug-likeness (QED) is 0.343. The van der Waals surface area contributed by atoms with E-state index in [-0.39, 0.29) is 5.91 Å². The smallest absolute Gasteiger partial charge is 0.257 e. The normalized spacial score (nSPS) is 13.6. The summed E-state index contributed by atoms with van der Waals surface area (Å²) in [5, 5.41) is 5.60. The maximum absolute atomic E-state index is 13.1. The third kappa shape index (κ3) is 7.40. The Morgan fingerprint density at radius 1 is 1.03 bits per heavy atom. The van der Waals surface area contributed by atoms with Crippen molar-refractivity contribution in [3.8, 4) is 5.75 Å². The van der Waals surface area contributed by atoms with Crippen molar-refractivity contribution in [3.63, 3.8) is 0 Å². The second kappa shape index (κ2) is 13.4. The van der Waals surface area contributed by atoms with E-state index in [9.17, 15) is 9.59 Å². The van der Waals surface area contributed by atoms with Gasteiger partial charge >= 0.3 is 0 Å². The van der Waals surface area contributed by atoms with Gasteiger partial charge in [-0.05, 0) is 43.7 Å². The van der Waals surface area contributed by atoms with Gasteiger partial charge in [0, 0.05) is 57.3 Å². The lowest BCUT2D eigenvalue weighted by atomic mass is 10.1. The van der Waals surface area contributed by atoms with Crippen LogP contribution in [0.5, 0.6) is 5.75 Å². The van der Waals surface area contributed by atoms with Gasteiger partial charge in [-0.2, -0.15) is 0 Å². The Hall–Kier alpha value is -2.68. The molecule has 0 unspecified atom stereocenters. The Morgan fingerprint density at radius 3 is 2.37 bits per heavy atom. The lowest BCUT2D eigenvalue weighted by Crippen LogP contribution is -2.47. The van der Waals surface area contributed by atoms with Gasteiger partial charge in [0.15, 0.2) is 4.84 Å². The molecule has 3 rings (SSSR count). The number of nitrogens with zero attached hydrogens (tertiary/aromatic N) is 2. The van der Waals surface area contributed by atoms with Gasteiger partial charge in [0.2, 0.25) is 0 Å². The molecule has 10 heteroatoms. The summed E-state index contributed by atoms with van der Waals surface area (Å²) in [7, 11) is 1.67. The molecule has 1 heterocycles. The molecule has 0 spiro atoms. The third-order valence-electron chi connectivity index (χ3n) is 5.71. The average Bonchev–Trinajstić information content (AvgIpc) is 2.88. The predicted octanol–water partition coefficient (Wildman–Crippen LogP) is 3.92. The van der Waals surface area contributed by atoms with Crippen LogP contribution in [-0.4, -0.2) is 69.7 Å². The first-order valence-corrected chi connectivity index (χ1v) is 12.5.